The SMILES string of the molecule is COC(=O)c1nc(C(=O)NCC(C)C)ccc1-c1ccc(O)cc1C=O. The third-order valence-electron chi connectivity index (χ3n) is 3.63. The molecule has 0 saturated carbocycles. The first-order chi connectivity index (χ1) is 12.4. The zero-order valence-electron chi connectivity index (χ0n) is 14.8. The van der Waals surface area contributed by atoms with E-state index < -0.39 is 11.9 Å². The number of esters is 1. The molecule has 0 unspecified atom stereocenters. The van der Waals surface area contributed by atoms with Crippen molar-refractivity contribution in [3.63, 3.8) is 0 Å². The second-order valence-corrected chi connectivity index (χ2v) is 6.08. The van der Waals surface area contributed by atoms with Crippen LogP contribution in [0.25, 0.3) is 11.1 Å². The maximum Gasteiger partial charge on any atom is 0.357 e. The fourth-order valence-corrected chi connectivity index (χ4v) is 2.34. The summed E-state index contributed by atoms with van der Waals surface area (Å²) >= 11 is 0. The number of carbonyl (C=O) groups excluding carboxylic acids is 3. The summed E-state index contributed by atoms with van der Waals surface area (Å²) < 4.78 is 4.76. The van der Waals surface area contributed by atoms with Crippen molar-refractivity contribution in [3.05, 3.63) is 47.3 Å². The molecule has 2 aromatic rings. The Bertz CT molecular complexity index is 846. The third kappa shape index (κ3) is 4.24. The Morgan fingerprint density at radius 3 is 2.54 bits per heavy atom. The maximum absolute atomic E-state index is 12.2. The number of nitrogens with zero attached hydrogens (tertiary/aromatic N) is 1. The summed E-state index contributed by atoms with van der Waals surface area (Å²) in [5, 5.41) is 12.3. The van der Waals surface area contributed by atoms with Gasteiger partial charge < -0.3 is 15.2 Å². The van der Waals surface area contributed by atoms with E-state index in [9.17, 15) is 19.5 Å². The molecule has 136 valence electrons. The molecule has 0 fully saturated rings. The molecule has 0 aliphatic carbocycles. The molecule has 0 aliphatic rings. The highest BCUT2D eigenvalue weighted by Crippen LogP contribution is 2.29. The van der Waals surface area contributed by atoms with Crippen LogP contribution in [0, 0.1) is 5.92 Å². The number of amides is 1. The maximum atomic E-state index is 12.2. The minimum absolute atomic E-state index is 0.0706. The summed E-state index contributed by atoms with van der Waals surface area (Å²) in [6, 6.07) is 7.18. The Kier molecular flexibility index (Phi) is 6.06. The average molecular weight is 356 g/mol. The fraction of sp³-hybridized carbons (Fsp3) is 0.263. The predicted molar refractivity (Wildman–Crippen MR) is 95.2 cm³/mol. The molecule has 2 rings (SSSR count). The second kappa shape index (κ2) is 8.24. The first kappa shape index (κ1) is 19.1. The Morgan fingerprint density at radius 1 is 1.23 bits per heavy atom. The minimum atomic E-state index is -0.733. The number of benzene rings is 1. The highest BCUT2D eigenvalue weighted by molar-refractivity contribution is 6.01. The molecule has 1 amide bonds. The average Bonchev–Trinajstić information content (AvgIpc) is 2.64. The Morgan fingerprint density at radius 2 is 1.92 bits per heavy atom. The number of hydrogen-bond acceptors (Lipinski definition) is 6. The standard InChI is InChI=1S/C19H20N2O5/c1-11(2)9-20-18(24)16-7-6-15(17(21-16)19(25)26-3)14-5-4-13(23)8-12(14)10-22/h4-8,10-11,23H,9H2,1-3H3,(H,20,24). The molecule has 0 bridgehead atoms. The lowest BCUT2D eigenvalue weighted by atomic mass is 9.98. The first-order valence-corrected chi connectivity index (χ1v) is 8.03. The second-order valence-electron chi connectivity index (χ2n) is 6.08. The number of hydrogen-bond donors (Lipinski definition) is 2. The number of methoxy groups -OCH3 is 1. The van der Waals surface area contributed by atoms with Gasteiger partial charge in [-0.2, -0.15) is 0 Å². The zero-order valence-corrected chi connectivity index (χ0v) is 14.8. The van der Waals surface area contributed by atoms with Crippen LogP contribution in [0.3, 0.4) is 0 Å². The molecule has 0 spiro atoms. The van der Waals surface area contributed by atoms with Crippen LogP contribution in [0.2, 0.25) is 0 Å². The van der Waals surface area contributed by atoms with Crippen LogP contribution in [-0.2, 0) is 4.74 Å². The zero-order chi connectivity index (χ0) is 19.3. The number of aromatic hydroxyl groups is 1. The highest BCUT2D eigenvalue weighted by atomic mass is 16.5. The number of pyridine rings is 1. The quantitative estimate of drug-likeness (QED) is 0.608. The number of rotatable bonds is 6. The van der Waals surface area contributed by atoms with E-state index in [4.69, 9.17) is 4.74 Å². The van der Waals surface area contributed by atoms with Gasteiger partial charge in [-0.25, -0.2) is 9.78 Å². The van der Waals surface area contributed by atoms with Crippen LogP contribution in [-0.4, -0.2) is 41.9 Å². The number of ether oxygens (including phenoxy) is 1. The molecule has 1 aromatic heterocycles. The van der Waals surface area contributed by atoms with Crippen molar-refractivity contribution >= 4 is 18.2 Å². The third-order valence-corrected chi connectivity index (χ3v) is 3.63. The van der Waals surface area contributed by atoms with Gasteiger partial charge in [0.15, 0.2) is 12.0 Å². The van der Waals surface area contributed by atoms with Crippen molar-refractivity contribution in [1.82, 2.24) is 10.3 Å². The van der Waals surface area contributed by atoms with E-state index in [1.54, 1.807) is 0 Å². The van der Waals surface area contributed by atoms with Gasteiger partial charge in [0.05, 0.1) is 7.11 Å². The topological polar surface area (TPSA) is 106 Å². The summed E-state index contributed by atoms with van der Waals surface area (Å²) in [6.45, 7) is 4.40. The summed E-state index contributed by atoms with van der Waals surface area (Å²) in [5.41, 5.74) is 0.910. The van der Waals surface area contributed by atoms with Gasteiger partial charge >= 0.3 is 5.97 Å². The molecule has 0 saturated heterocycles. The molecule has 0 aliphatic heterocycles. The molecule has 0 radical (unpaired) electrons. The van der Waals surface area contributed by atoms with Crippen molar-refractivity contribution in [1.29, 1.82) is 0 Å². The van der Waals surface area contributed by atoms with E-state index in [0.717, 1.165) is 0 Å². The van der Waals surface area contributed by atoms with Gasteiger partial charge in [0.2, 0.25) is 0 Å². The van der Waals surface area contributed by atoms with Crippen molar-refractivity contribution in [2.24, 2.45) is 5.92 Å². The van der Waals surface area contributed by atoms with E-state index in [1.165, 1.54) is 37.4 Å². The molecular formula is C19H20N2O5. The molecule has 2 N–H and O–H groups in total. The molecule has 7 nitrogen and oxygen atoms in total. The molecule has 7 heteroatoms. The van der Waals surface area contributed by atoms with Gasteiger partial charge in [-0.1, -0.05) is 13.8 Å². The number of nitrogens with one attached hydrogen (secondary N) is 1. The van der Waals surface area contributed by atoms with Crippen LogP contribution in [0.1, 0.15) is 45.2 Å². The summed E-state index contributed by atoms with van der Waals surface area (Å²) in [5.74, 6) is -0.946. The largest absolute Gasteiger partial charge is 0.508 e. The van der Waals surface area contributed by atoms with E-state index >= 15 is 0 Å². The molecule has 26 heavy (non-hydrogen) atoms. The molecule has 0 atom stereocenters. The summed E-state index contributed by atoms with van der Waals surface area (Å²) in [4.78, 5) is 39.8. The molecule has 1 heterocycles. The van der Waals surface area contributed by atoms with Gasteiger partial charge in [0.25, 0.3) is 5.91 Å². The summed E-state index contributed by atoms with van der Waals surface area (Å²) in [7, 11) is 1.21. The Balaban J connectivity index is 2.52. The van der Waals surface area contributed by atoms with Gasteiger partial charge in [0, 0.05) is 17.7 Å². The lowest BCUT2D eigenvalue weighted by Crippen LogP contribution is -2.28. The van der Waals surface area contributed by atoms with E-state index in [2.05, 4.69) is 10.3 Å². The van der Waals surface area contributed by atoms with Crippen LogP contribution in [0.5, 0.6) is 5.75 Å². The van der Waals surface area contributed by atoms with Crippen molar-refractivity contribution in [3.8, 4) is 16.9 Å². The van der Waals surface area contributed by atoms with Crippen LogP contribution in [0.15, 0.2) is 30.3 Å². The first-order valence-electron chi connectivity index (χ1n) is 8.03. The van der Waals surface area contributed by atoms with Gasteiger partial charge in [-0.3, -0.25) is 9.59 Å². The number of carbonyl (C=O) groups is 3. The number of phenolic OH excluding ortho intramolecular Hbond substituents is 1. The van der Waals surface area contributed by atoms with E-state index in [1.807, 2.05) is 13.8 Å². The molecular weight excluding hydrogens is 336 g/mol. The number of phenols is 1. The van der Waals surface area contributed by atoms with Gasteiger partial charge in [0.1, 0.15) is 11.4 Å². The highest BCUT2D eigenvalue weighted by Gasteiger charge is 2.20. The lowest BCUT2D eigenvalue weighted by Gasteiger charge is -2.12. The van der Waals surface area contributed by atoms with Crippen molar-refractivity contribution in [2.45, 2.75) is 13.8 Å². The Labute approximate surface area is 151 Å². The fourth-order valence-electron chi connectivity index (χ4n) is 2.34. The summed E-state index contributed by atoms with van der Waals surface area (Å²) in [6.07, 6.45) is 0.569. The van der Waals surface area contributed by atoms with Crippen molar-refractivity contribution in [2.75, 3.05) is 13.7 Å². The predicted octanol–water partition coefficient (Wildman–Crippen LogP) is 2.44. The van der Waals surface area contributed by atoms with Crippen LogP contribution >= 0.6 is 0 Å². The smallest absolute Gasteiger partial charge is 0.357 e. The lowest BCUT2D eigenvalue weighted by molar-refractivity contribution is 0.0594. The number of aromatic nitrogens is 1. The van der Waals surface area contributed by atoms with Gasteiger partial charge in [-0.05, 0) is 41.8 Å². The Hall–Kier alpha value is -3.22. The van der Waals surface area contributed by atoms with Crippen LogP contribution < -0.4 is 5.32 Å². The monoisotopic (exact) mass is 356 g/mol. The van der Waals surface area contributed by atoms with Crippen molar-refractivity contribution < 1.29 is 24.2 Å². The molecule has 1 aromatic carbocycles. The van der Waals surface area contributed by atoms with E-state index in [0.29, 0.717) is 24.0 Å². The van der Waals surface area contributed by atoms with E-state index in [-0.39, 0.29) is 28.6 Å². The minimum Gasteiger partial charge on any atom is -0.508 e. The van der Waals surface area contributed by atoms with Gasteiger partial charge in [-0.15, -0.1) is 0 Å². The van der Waals surface area contributed by atoms with Crippen LogP contribution in [0.4, 0.5) is 0 Å². The normalized spacial score (nSPS) is 10.5. The number of aldehydes is 1.